The highest BCUT2D eigenvalue weighted by Gasteiger charge is 2.25. The minimum Gasteiger partial charge on any atom is -0.274 e. The van der Waals surface area contributed by atoms with Crippen molar-refractivity contribution < 1.29 is 0 Å². The van der Waals surface area contributed by atoms with Crippen LogP contribution in [0.25, 0.3) is 64.6 Å². The molecule has 0 aliphatic heterocycles. The summed E-state index contributed by atoms with van der Waals surface area (Å²) in [4.78, 5) is 27.8. The molecule has 0 fully saturated rings. The number of unbranched alkanes of at least 4 members (excludes halogenated alkanes) is 1. The highest BCUT2D eigenvalue weighted by Crippen LogP contribution is 2.46. The van der Waals surface area contributed by atoms with Gasteiger partial charge in [0.25, 0.3) is 11.1 Å². The molecule has 1 aromatic heterocycles. The maximum absolute atomic E-state index is 13.9. The fourth-order valence-electron chi connectivity index (χ4n) is 6.56. The Hall–Kier alpha value is -3.72. The van der Waals surface area contributed by atoms with Crippen LogP contribution in [-0.4, -0.2) is 4.57 Å². The lowest BCUT2D eigenvalue weighted by atomic mass is 9.84. The van der Waals surface area contributed by atoms with E-state index >= 15 is 0 Å². The van der Waals surface area contributed by atoms with Gasteiger partial charge in [-0.2, -0.15) is 0 Å². The molecule has 0 radical (unpaired) electrons. The van der Waals surface area contributed by atoms with E-state index in [9.17, 15) is 9.59 Å². The second-order valence-electron chi connectivity index (χ2n) is 10.2. The normalized spacial score (nSPS) is 13.5. The molecule has 7 aromatic rings. The Bertz CT molecular complexity index is 1860. The molecular formula is C32H27NO2. The van der Waals surface area contributed by atoms with E-state index in [0.29, 0.717) is 23.2 Å². The summed E-state index contributed by atoms with van der Waals surface area (Å²) in [5.74, 6) is 0.338. The van der Waals surface area contributed by atoms with Crippen LogP contribution in [0.2, 0.25) is 0 Å². The molecule has 0 saturated heterocycles. The van der Waals surface area contributed by atoms with Gasteiger partial charge in [0.2, 0.25) is 0 Å². The Morgan fingerprint density at radius 3 is 1.66 bits per heavy atom. The molecule has 0 N–H and O–H groups in total. The lowest BCUT2D eigenvalue weighted by Crippen LogP contribution is -2.29. The van der Waals surface area contributed by atoms with E-state index in [0.717, 1.165) is 47.2 Å². The fraction of sp³-hybridized carbons (Fsp3) is 0.250. The third-order valence-corrected chi connectivity index (χ3v) is 8.32. The van der Waals surface area contributed by atoms with Crippen LogP contribution in [0, 0.1) is 5.92 Å². The van der Waals surface area contributed by atoms with Crippen molar-refractivity contribution in [3.8, 4) is 0 Å². The van der Waals surface area contributed by atoms with Gasteiger partial charge < -0.3 is 0 Å². The predicted octanol–water partition coefficient (Wildman–Crippen LogP) is 7.66. The van der Waals surface area contributed by atoms with E-state index < -0.39 is 0 Å². The fourth-order valence-corrected chi connectivity index (χ4v) is 6.56. The summed E-state index contributed by atoms with van der Waals surface area (Å²) in [5, 5.41) is 12.4. The molecule has 3 heteroatoms. The Labute approximate surface area is 202 Å². The summed E-state index contributed by atoms with van der Waals surface area (Å²) < 4.78 is 1.54. The summed E-state index contributed by atoms with van der Waals surface area (Å²) in [6.45, 7) is 4.85. The maximum Gasteiger partial charge on any atom is 0.262 e. The van der Waals surface area contributed by atoms with Gasteiger partial charge in [-0.25, -0.2) is 0 Å². The second kappa shape index (κ2) is 7.39. The molecule has 0 amide bonds. The van der Waals surface area contributed by atoms with Crippen LogP contribution >= 0.6 is 0 Å². The van der Waals surface area contributed by atoms with Gasteiger partial charge in [-0.3, -0.25) is 14.2 Å². The summed E-state index contributed by atoms with van der Waals surface area (Å²) in [5.41, 5.74) is -0.254. The molecule has 0 spiro atoms. The van der Waals surface area contributed by atoms with Gasteiger partial charge in [-0.05, 0) is 66.2 Å². The molecule has 7 rings (SSSR count). The lowest BCUT2D eigenvalue weighted by molar-refractivity contribution is 0.384. The number of rotatable bonds is 6. The van der Waals surface area contributed by atoms with Gasteiger partial charge in [0.1, 0.15) is 0 Å². The molecule has 172 valence electrons. The third kappa shape index (κ3) is 2.61. The van der Waals surface area contributed by atoms with Crippen molar-refractivity contribution in [3.05, 3.63) is 81.4 Å². The summed E-state index contributed by atoms with van der Waals surface area (Å²) in [7, 11) is 0. The van der Waals surface area contributed by atoms with Gasteiger partial charge in [0.15, 0.2) is 0 Å². The Morgan fingerprint density at radius 1 is 0.629 bits per heavy atom. The number of fused-ring (bicyclic) bond motifs is 4. The average Bonchev–Trinajstić information content (AvgIpc) is 3.14. The summed E-state index contributed by atoms with van der Waals surface area (Å²) in [6, 6.07) is 21.2. The van der Waals surface area contributed by atoms with Crippen molar-refractivity contribution in [3.63, 3.8) is 0 Å². The maximum atomic E-state index is 13.9. The van der Waals surface area contributed by atoms with E-state index in [-0.39, 0.29) is 11.1 Å². The molecular weight excluding hydrogens is 430 g/mol. The minimum absolute atomic E-state index is 0.127. The number of benzene rings is 6. The topological polar surface area (TPSA) is 39.1 Å². The highest BCUT2D eigenvalue weighted by molar-refractivity contribution is 6.44. The van der Waals surface area contributed by atoms with Crippen molar-refractivity contribution in [2.75, 3.05) is 0 Å². The Balaban J connectivity index is 1.70. The molecule has 0 saturated carbocycles. The van der Waals surface area contributed by atoms with Crippen LogP contribution in [0.1, 0.15) is 39.5 Å². The van der Waals surface area contributed by atoms with Gasteiger partial charge in [0.05, 0.1) is 10.8 Å². The third-order valence-electron chi connectivity index (χ3n) is 8.32. The molecule has 3 nitrogen and oxygen atoms in total. The highest BCUT2D eigenvalue weighted by atomic mass is 16.2. The number of nitrogens with zero attached hydrogens (tertiary/aromatic N) is 1. The first-order chi connectivity index (χ1) is 17.1. The quantitative estimate of drug-likeness (QED) is 0.190. The van der Waals surface area contributed by atoms with Crippen LogP contribution in [0.3, 0.4) is 0 Å². The van der Waals surface area contributed by atoms with E-state index in [2.05, 4.69) is 74.5 Å². The van der Waals surface area contributed by atoms with E-state index in [1.54, 1.807) is 0 Å². The van der Waals surface area contributed by atoms with E-state index in [4.69, 9.17) is 0 Å². The number of aromatic nitrogens is 1. The number of hydrogen-bond acceptors (Lipinski definition) is 2. The van der Waals surface area contributed by atoms with E-state index in [1.807, 2.05) is 0 Å². The van der Waals surface area contributed by atoms with Gasteiger partial charge in [-0.1, -0.05) is 93.8 Å². The largest absolute Gasteiger partial charge is 0.274 e. The van der Waals surface area contributed by atoms with Crippen LogP contribution in [0.4, 0.5) is 0 Å². The predicted molar refractivity (Wildman–Crippen MR) is 149 cm³/mol. The van der Waals surface area contributed by atoms with Gasteiger partial charge >= 0.3 is 0 Å². The Morgan fingerprint density at radius 2 is 1.17 bits per heavy atom. The smallest absolute Gasteiger partial charge is 0.262 e. The molecule has 0 bridgehead atoms. The molecule has 0 aliphatic rings. The zero-order chi connectivity index (χ0) is 23.8. The van der Waals surface area contributed by atoms with Crippen LogP contribution in [-0.2, 0) is 6.54 Å². The molecule has 1 atom stereocenters. The van der Waals surface area contributed by atoms with Crippen molar-refractivity contribution in [1.82, 2.24) is 4.57 Å². The van der Waals surface area contributed by atoms with Gasteiger partial charge in [-0.15, -0.1) is 0 Å². The molecule has 6 aromatic carbocycles. The Kier molecular flexibility index (Phi) is 4.36. The zero-order valence-electron chi connectivity index (χ0n) is 20.2. The monoisotopic (exact) mass is 457 g/mol. The van der Waals surface area contributed by atoms with Crippen LogP contribution in [0.5, 0.6) is 0 Å². The molecule has 1 heterocycles. The SMILES string of the molecule is CCCCC(CC)Cn1c(=O)c2c3ccc4cccc5c6cccc7ccc(c2c1=O)c(c76)c3c45. The zero-order valence-corrected chi connectivity index (χ0v) is 20.2. The molecule has 1 unspecified atom stereocenters. The van der Waals surface area contributed by atoms with Crippen molar-refractivity contribution in [2.45, 2.75) is 46.1 Å². The first kappa shape index (κ1) is 20.6. The number of hydrogen-bond donors (Lipinski definition) is 0. The first-order valence-electron chi connectivity index (χ1n) is 12.9. The molecule has 0 aliphatic carbocycles. The summed E-state index contributed by atoms with van der Waals surface area (Å²) >= 11 is 0. The lowest BCUT2D eigenvalue weighted by Gasteiger charge is -2.18. The molecule has 35 heavy (non-hydrogen) atoms. The van der Waals surface area contributed by atoms with Crippen molar-refractivity contribution in [2.24, 2.45) is 5.92 Å². The minimum atomic E-state index is -0.127. The second-order valence-corrected chi connectivity index (χ2v) is 10.2. The van der Waals surface area contributed by atoms with E-state index in [1.165, 1.54) is 36.9 Å². The summed E-state index contributed by atoms with van der Waals surface area (Å²) in [6.07, 6.45) is 4.26. The standard InChI is InChI=1S/C32H27NO2/c1-3-5-8-18(4-2)17-33-31(34)29-23-15-13-19-9-6-11-21-22-12-7-10-20-14-16-24(30(29)32(33)35)28(26(20)22)27(23)25(19)21/h6-7,9-16,18H,3-5,8,17H2,1-2H3. The van der Waals surface area contributed by atoms with Gasteiger partial charge in [0, 0.05) is 6.54 Å². The first-order valence-corrected chi connectivity index (χ1v) is 12.9. The average molecular weight is 458 g/mol. The van der Waals surface area contributed by atoms with Crippen LogP contribution in [0.15, 0.2) is 70.3 Å². The van der Waals surface area contributed by atoms with Crippen molar-refractivity contribution in [1.29, 1.82) is 0 Å². The van der Waals surface area contributed by atoms with Crippen LogP contribution < -0.4 is 11.1 Å². The van der Waals surface area contributed by atoms with Crippen molar-refractivity contribution >= 4 is 64.6 Å².